The molecule has 0 saturated heterocycles. The van der Waals surface area contributed by atoms with Gasteiger partial charge in [0.2, 0.25) is 5.91 Å². The molecule has 1 aliphatic rings. The number of amides is 1. The smallest absolute Gasteiger partial charge is 0.235 e. The Morgan fingerprint density at radius 1 is 1.06 bits per heavy atom. The van der Waals surface area contributed by atoms with Crippen LogP contribution in [0.25, 0.3) is 11.1 Å². The van der Waals surface area contributed by atoms with Crippen LogP contribution in [-0.2, 0) is 17.6 Å². The Morgan fingerprint density at radius 2 is 1.76 bits per heavy atom. The second-order valence-electron chi connectivity index (χ2n) is 7.38. The normalized spacial score (nSPS) is 12.2. The molecule has 0 bridgehead atoms. The number of hydrogen-bond donors (Lipinski definition) is 2. The third kappa shape index (κ3) is 4.40. The fourth-order valence-corrected chi connectivity index (χ4v) is 5.92. The van der Waals surface area contributed by atoms with Crippen molar-refractivity contribution in [3.63, 3.8) is 0 Å². The predicted molar refractivity (Wildman–Crippen MR) is 129 cm³/mol. The maximum atomic E-state index is 12.7. The second kappa shape index (κ2) is 9.75. The SMILES string of the molecule is N#Cc1c(NC(=O)CSc2nc(N)c(C#N)c(-c3ccccc3)c2C#N)sc2c1CCCC2. The summed E-state index contributed by atoms with van der Waals surface area (Å²) in [5.74, 6) is -0.310. The Hall–Kier alpha value is -3.84. The third-order valence-electron chi connectivity index (χ3n) is 5.35. The van der Waals surface area contributed by atoms with E-state index >= 15 is 0 Å². The van der Waals surface area contributed by atoms with Crippen molar-refractivity contribution < 1.29 is 4.79 Å². The van der Waals surface area contributed by atoms with Crippen molar-refractivity contribution in [1.29, 1.82) is 15.8 Å². The van der Waals surface area contributed by atoms with Crippen LogP contribution in [0, 0.1) is 34.0 Å². The summed E-state index contributed by atoms with van der Waals surface area (Å²) in [6.45, 7) is 0. The van der Waals surface area contributed by atoms with Gasteiger partial charge in [-0.15, -0.1) is 11.3 Å². The van der Waals surface area contributed by atoms with E-state index in [2.05, 4.69) is 22.4 Å². The molecule has 4 rings (SSSR count). The third-order valence-corrected chi connectivity index (χ3v) is 7.54. The Kier molecular flexibility index (Phi) is 6.60. The average molecular weight is 471 g/mol. The molecule has 0 radical (unpaired) electrons. The molecule has 0 saturated carbocycles. The van der Waals surface area contributed by atoms with Crippen LogP contribution in [0.5, 0.6) is 0 Å². The highest BCUT2D eigenvalue weighted by atomic mass is 32.2. The average Bonchev–Trinajstić information content (AvgIpc) is 3.19. The van der Waals surface area contributed by atoms with E-state index in [1.54, 1.807) is 12.1 Å². The van der Waals surface area contributed by atoms with Crippen molar-refractivity contribution in [1.82, 2.24) is 4.98 Å². The zero-order valence-electron chi connectivity index (χ0n) is 17.5. The van der Waals surface area contributed by atoms with E-state index in [1.807, 2.05) is 24.3 Å². The van der Waals surface area contributed by atoms with Crippen LogP contribution in [0.4, 0.5) is 10.8 Å². The summed E-state index contributed by atoms with van der Waals surface area (Å²) < 4.78 is 0. The van der Waals surface area contributed by atoms with Gasteiger partial charge in [-0.1, -0.05) is 42.1 Å². The Morgan fingerprint density at radius 3 is 2.45 bits per heavy atom. The molecule has 0 aliphatic heterocycles. The molecule has 0 atom stereocenters. The van der Waals surface area contributed by atoms with E-state index < -0.39 is 0 Å². The Labute approximate surface area is 199 Å². The van der Waals surface area contributed by atoms with Gasteiger partial charge in [-0.05, 0) is 36.8 Å². The van der Waals surface area contributed by atoms with Crippen LogP contribution in [-0.4, -0.2) is 16.6 Å². The standard InChI is InChI=1S/C24H18N6OS2/c25-10-16-15-8-4-5-9-19(15)33-24(16)29-20(31)13-32-23-18(12-27)21(14-6-2-1-3-7-14)17(11-26)22(28)30-23/h1-3,6-7H,4-5,8-9,13H2,(H2,28,30)(H,29,31). The highest BCUT2D eigenvalue weighted by Gasteiger charge is 2.23. The topological polar surface area (TPSA) is 139 Å². The molecule has 0 fully saturated rings. The number of hydrogen-bond acceptors (Lipinski definition) is 8. The van der Waals surface area contributed by atoms with Crippen molar-refractivity contribution in [2.45, 2.75) is 30.7 Å². The van der Waals surface area contributed by atoms with Gasteiger partial charge in [0.25, 0.3) is 0 Å². The molecule has 7 nitrogen and oxygen atoms in total. The van der Waals surface area contributed by atoms with Crippen molar-refractivity contribution in [3.05, 3.63) is 57.5 Å². The lowest BCUT2D eigenvalue weighted by atomic mass is 9.96. The number of pyridine rings is 1. The first-order valence-corrected chi connectivity index (χ1v) is 12.0. The number of nitrogens with zero attached hydrogens (tertiary/aromatic N) is 4. The summed E-state index contributed by atoms with van der Waals surface area (Å²) in [7, 11) is 0. The molecule has 0 unspecified atom stereocenters. The number of anilines is 2. The summed E-state index contributed by atoms with van der Waals surface area (Å²) in [6.07, 6.45) is 3.94. The van der Waals surface area contributed by atoms with Crippen LogP contribution in [0.3, 0.4) is 0 Å². The minimum atomic E-state index is -0.301. The van der Waals surface area contributed by atoms with Gasteiger partial charge >= 0.3 is 0 Å². The predicted octanol–water partition coefficient (Wildman–Crippen LogP) is 4.62. The van der Waals surface area contributed by atoms with E-state index in [0.717, 1.165) is 43.0 Å². The molecule has 3 aromatic rings. The van der Waals surface area contributed by atoms with Crippen LogP contribution in [0.2, 0.25) is 0 Å². The van der Waals surface area contributed by atoms with Gasteiger partial charge < -0.3 is 11.1 Å². The minimum Gasteiger partial charge on any atom is -0.383 e. The molecule has 2 aromatic heterocycles. The lowest BCUT2D eigenvalue weighted by molar-refractivity contribution is -0.113. The van der Waals surface area contributed by atoms with Crippen molar-refractivity contribution in [3.8, 4) is 29.3 Å². The molecule has 33 heavy (non-hydrogen) atoms. The molecule has 1 aliphatic carbocycles. The molecular weight excluding hydrogens is 452 g/mol. The first-order valence-electron chi connectivity index (χ1n) is 10.2. The second-order valence-corrected chi connectivity index (χ2v) is 9.45. The van der Waals surface area contributed by atoms with E-state index in [9.17, 15) is 20.6 Å². The fraction of sp³-hybridized carbons (Fsp3) is 0.208. The van der Waals surface area contributed by atoms with E-state index in [4.69, 9.17) is 5.73 Å². The molecule has 0 spiro atoms. The number of nitrogens with one attached hydrogen (secondary N) is 1. The quantitative estimate of drug-likeness (QED) is 0.519. The van der Waals surface area contributed by atoms with Gasteiger partial charge in [0.05, 0.1) is 16.9 Å². The first kappa shape index (κ1) is 22.4. The Balaban J connectivity index is 1.60. The summed E-state index contributed by atoms with van der Waals surface area (Å²) in [6, 6.07) is 15.4. The number of nitrogen functional groups attached to an aromatic ring is 1. The zero-order valence-corrected chi connectivity index (χ0v) is 19.1. The van der Waals surface area contributed by atoms with E-state index in [0.29, 0.717) is 21.7 Å². The number of carbonyl (C=O) groups excluding carboxylic acids is 1. The van der Waals surface area contributed by atoms with Crippen LogP contribution < -0.4 is 11.1 Å². The minimum absolute atomic E-state index is 0.0101. The van der Waals surface area contributed by atoms with Gasteiger partial charge in [0.1, 0.15) is 39.6 Å². The summed E-state index contributed by atoms with van der Waals surface area (Å²) in [5.41, 5.74) is 9.06. The number of thioether (sulfide) groups is 1. The molecule has 1 amide bonds. The number of aryl methyl sites for hydroxylation is 1. The fourth-order valence-electron chi connectivity index (χ4n) is 3.86. The molecule has 9 heteroatoms. The summed E-state index contributed by atoms with van der Waals surface area (Å²) in [5, 5.41) is 32.7. The van der Waals surface area contributed by atoms with E-state index in [-0.39, 0.29) is 33.6 Å². The highest BCUT2D eigenvalue weighted by molar-refractivity contribution is 8.00. The van der Waals surface area contributed by atoms with Gasteiger partial charge in [0.15, 0.2) is 0 Å². The first-order chi connectivity index (χ1) is 16.1. The monoisotopic (exact) mass is 470 g/mol. The lowest BCUT2D eigenvalue weighted by Gasteiger charge is -2.13. The van der Waals surface area contributed by atoms with Gasteiger partial charge in [-0.25, -0.2) is 4.98 Å². The summed E-state index contributed by atoms with van der Waals surface area (Å²) in [4.78, 5) is 18.1. The largest absolute Gasteiger partial charge is 0.383 e. The maximum Gasteiger partial charge on any atom is 0.235 e. The molecule has 1 aromatic carbocycles. The number of nitriles is 3. The van der Waals surface area contributed by atoms with Crippen molar-refractivity contribution in [2.75, 3.05) is 16.8 Å². The number of aromatic nitrogens is 1. The van der Waals surface area contributed by atoms with Gasteiger partial charge in [0, 0.05) is 10.4 Å². The van der Waals surface area contributed by atoms with Crippen LogP contribution in [0.1, 0.15) is 40.0 Å². The number of carbonyl (C=O) groups is 1. The van der Waals surface area contributed by atoms with E-state index in [1.165, 1.54) is 16.2 Å². The van der Waals surface area contributed by atoms with Crippen LogP contribution >= 0.6 is 23.1 Å². The zero-order chi connectivity index (χ0) is 23.4. The number of rotatable bonds is 5. The van der Waals surface area contributed by atoms with Gasteiger partial charge in [-0.3, -0.25) is 4.79 Å². The number of fused-ring (bicyclic) bond motifs is 1. The van der Waals surface area contributed by atoms with Gasteiger partial charge in [-0.2, -0.15) is 15.8 Å². The maximum absolute atomic E-state index is 12.7. The Bertz CT molecular complexity index is 1360. The number of benzene rings is 1. The number of nitrogens with two attached hydrogens (primary N) is 1. The van der Waals surface area contributed by atoms with Crippen molar-refractivity contribution in [2.24, 2.45) is 0 Å². The number of thiophene rings is 1. The molecular formula is C24H18N6OS2. The highest BCUT2D eigenvalue weighted by Crippen LogP contribution is 2.38. The molecule has 3 N–H and O–H groups in total. The molecule has 2 heterocycles. The summed E-state index contributed by atoms with van der Waals surface area (Å²) >= 11 is 2.54. The van der Waals surface area contributed by atoms with Crippen molar-refractivity contribution >= 4 is 39.8 Å². The van der Waals surface area contributed by atoms with Crippen LogP contribution in [0.15, 0.2) is 35.4 Å². The molecule has 162 valence electrons. The lowest BCUT2D eigenvalue weighted by Crippen LogP contribution is -2.14.